The van der Waals surface area contributed by atoms with Gasteiger partial charge in [0.05, 0.1) is 21.6 Å². The number of carbonyl (C=O) groups excluding carboxylic acids is 1. The van der Waals surface area contributed by atoms with E-state index in [0.717, 1.165) is 15.7 Å². The first-order valence-corrected chi connectivity index (χ1v) is 12.3. The summed E-state index contributed by atoms with van der Waals surface area (Å²) in [5.74, 6) is 0.569. The summed E-state index contributed by atoms with van der Waals surface area (Å²) in [6.45, 7) is 1.15. The predicted molar refractivity (Wildman–Crippen MR) is 142 cm³/mol. The second kappa shape index (κ2) is 9.76. The number of hydrogen-bond acceptors (Lipinski definition) is 8. The molecule has 5 aromatic rings. The van der Waals surface area contributed by atoms with Gasteiger partial charge in [0.15, 0.2) is 11.5 Å². The number of hydrogen-bond donors (Lipinski definition) is 1. The maximum absolute atomic E-state index is 13.6. The number of aryl methyl sites for hydroxylation is 1. The van der Waals surface area contributed by atoms with Crippen LogP contribution in [0.4, 0.5) is 5.69 Å². The average Bonchev–Trinajstić information content (AvgIpc) is 3.60. The van der Waals surface area contributed by atoms with Crippen LogP contribution in [0.3, 0.4) is 0 Å². The number of amides is 1. The van der Waals surface area contributed by atoms with Crippen LogP contribution < -0.4 is 26.0 Å². The van der Waals surface area contributed by atoms with Crippen molar-refractivity contribution < 1.29 is 18.8 Å². The lowest BCUT2D eigenvalue weighted by molar-refractivity contribution is -0.116. The summed E-state index contributed by atoms with van der Waals surface area (Å²) in [6, 6.07) is 17.3. The molecule has 3 heterocycles. The molecule has 0 atom stereocenters. The fourth-order valence-corrected chi connectivity index (χ4v) is 4.60. The third-order valence-corrected chi connectivity index (χ3v) is 6.53. The first-order valence-electron chi connectivity index (χ1n) is 11.9. The summed E-state index contributed by atoms with van der Waals surface area (Å²) in [6.07, 6.45) is 0. The van der Waals surface area contributed by atoms with Crippen molar-refractivity contribution >= 4 is 34.1 Å². The highest BCUT2D eigenvalue weighted by Crippen LogP contribution is 2.34. The van der Waals surface area contributed by atoms with Crippen molar-refractivity contribution in [2.45, 2.75) is 20.0 Å². The Morgan fingerprint density at radius 1 is 1.03 bits per heavy atom. The van der Waals surface area contributed by atoms with Crippen LogP contribution in [0.2, 0.25) is 5.02 Å². The molecule has 39 heavy (non-hydrogen) atoms. The molecule has 12 heteroatoms. The number of rotatable bonds is 6. The van der Waals surface area contributed by atoms with Crippen LogP contribution in [-0.4, -0.2) is 32.0 Å². The van der Waals surface area contributed by atoms with Crippen LogP contribution in [0, 0.1) is 6.92 Å². The Morgan fingerprint density at radius 2 is 1.79 bits per heavy atom. The van der Waals surface area contributed by atoms with Gasteiger partial charge in [-0.05, 0) is 30.7 Å². The number of nitrogens with one attached hydrogen (secondary N) is 1. The van der Waals surface area contributed by atoms with E-state index in [1.54, 1.807) is 18.2 Å². The predicted octanol–water partition coefficient (Wildman–Crippen LogP) is 3.59. The minimum Gasteiger partial charge on any atom is -0.454 e. The van der Waals surface area contributed by atoms with Gasteiger partial charge in [0.25, 0.3) is 5.56 Å². The lowest BCUT2D eigenvalue weighted by atomic mass is 10.2. The number of fused-ring (bicyclic) bond motifs is 2. The molecule has 3 aromatic carbocycles. The van der Waals surface area contributed by atoms with Crippen molar-refractivity contribution in [1.29, 1.82) is 0 Å². The van der Waals surface area contributed by atoms with E-state index >= 15 is 0 Å². The molecule has 1 N–H and O–H groups in total. The Morgan fingerprint density at radius 3 is 2.56 bits per heavy atom. The van der Waals surface area contributed by atoms with Crippen LogP contribution in [0.15, 0.2) is 74.8 Å². The van der Waals surface area contributed by atoms with Gasteiger partial charge in [0.1, 0.15) is 13.1 Å². The quantitative estimate of drug-likeness (QED) is 0.342. The summed E-state index contributed by atoms with van der Waals surface area (Å²) < 4.78 is 18.3. The molecule has 0 fully saturated rings. The van der Waals surface area contributed by atoms with E-state index in [4.69, 9.17) is 25.6 Å². The van der Waals surface area contributed by atoms with Gasteiger partial charge in [-0.2, -0.15) is 4.98 Å². The van der Waals surface area contributed by atoms with E-state index in [-0.39, 0.29) is 30.1 Å². The molecule has 1 aliphatic heterocycles. The van der Waals surface area contributed by atoms with Gasteiger partial charge in [-0.3, -0.25) is 18.7 Å². The van der Waals surface area contributed by atoms with Crippen LogP contribution in [-0.2, 0) is 17.9 Å². The van der Waals surface area contributed by atoms with E-state index in [1.165, 1.54) is 16.7 Å². The Balaban J connectivity index is 1.41. The summed E-state index contributed by atoms with van der Waals surface area (Å²) in [4.78, 5) is 44.5. The number of nitrogens with zero attached hydrogens (tertiary/aromatic N) is 4. The SMILES string of the molecule is Cc1ccc(NC(=O)Cn2c(=O)n(Cc3nc(-c4ccccc4)no3)c(=O)c3cc4c(cc32)OCO4)c(Cl)c1. The van der Waals surface area contributed by atoms with Crippen molar-refractivity contribution in [3.63, 3.8) is 0 Å². The molecule has 0 saturated heterocycles. The molecule has 2 aromatic heterocycles. The zero-order chi connectivity index (χ0) is 27.1. The fourth-order valence-electron chi connectivity index (χ4n) is 4.31. The van der Waals surface area contributed by atoms with Crippen molar-refractivity contribution in [3.05, 3.63) is 98.0 Å². The molecule has 0 spiro atoms. The monoisotopic (exact) mass is 545 g/mol. The molecule has 0 saturated carbocycles. The number of ether oxygens (including phenoxy) is 2. The van der Waals surface area contributed by atoms with Gasteiger partial charge in [0, 0.05) is 11.6 Å². The molecule has 11 nitrogen and oxygen atoms in total. The number of halogens is 1. The highest BCUT2D eigenvalue weighted by atomic mass is 35.5. The van der Waals surface area contributed by atoms with E-state index in [0.29, 0.717) is 28.0 Å². The number of anilines is 1. The molecular formula is C27H20ClN5O6. The molecule has 0 radical (unpaired) electrons. The molecule has 0 aliphatic carbocycles. The summed E-state index contributed by atoms with van der Waals surface area (Å²) in [7, 11) is 0. The lowest BCUT2D eigenvalue weighted by Crippen LogP contribution is -2.42. The van der Waals surface area contributed by atoms with Crippen molar-refractivity contribution in [3.8, 4) is 22.9 Å². The zero-order valence-corrected chi connectivity index (χ0v) is 21.3. The summed E-state index contributed by atoms with van der Waals surface area (Å²) >= 11 is 6.27. The van der Waals surface area contributed by atoms with Crippen molar-refractivity contribution in [2.24, 2.45) is 0 Å². The van der Waals surface area contributed by atoms with Gasteiger partial charge in [-0.25, -0.2) is 4.79 Å². The molecule has 1 amide bonds. The third kappa shape index (κ3) is 4.64. The smallest absolute Gasteiger partial charge is 0.332 e. The van der Waals surface area contributed by atoms with Crippen molar-refractivity contribution in [2.75, 3.05) is 12.1 Å². The normalized spacial score (nSPS) is 12.2. The van der Waals surface area contributed by atoms with E-state index in [9.17, 15) is 14.4 Å². The molecule has 6 rings (SSSR count). The van der Waals surface area contributed by atoms with Crippen LogP contribution in [0.25, 0.3) is 22.3 Å². The number of benzene rings is 3. The first-order chi connectivity index (χ1) is 18.9. The highest BCUT2D eigenvalue weighted by molar-refractivity contribution is 6.33. The van der Waals surface area contributed by atoms with Crippen molar-refractivity contribution in [1.82, 2.24) is 19.3 Å². The Kier molecular flexibility index (Phi) is 6.12. The van der Waals surface area contributed by atoms with Crippen LogP contribution in [0.1, 0.15) is 11.5 Å². The number of carbonyl (C=O) groups is 1. The van der Waals surface area contributed by atoms with Gasteiger partial charge >= 0.3 is 5.69 Å². The maximum Gasteiger partial charge on any atom is 0.332 e. The van der Waals surface area contributed by atoms with Crippen LogP contribution >= 0.6 is 11.6 Å². The van der Waals surface area contributed by atoms with E-state index < -0.39 is 23.7 Å². The lowest BCUT2D eigenvalue weighted by Gasteiger charge is -2.14. The molecular weight excluding hydrogens is 526 g/mol. The minimum absolute atomic E-state index is 0.0270. The standard InChI is InChI=1S/C27H20ClN5O6/c1-15-7-8-19(18(28)9-15)29-23(34)12-32-20-11-22-21(37-14-38-22)10-17(20)26(35)33(27(32)36)13-24-30-25(31-39-24)16-5-3-2-4-6-16/h2-11H,12-14H2,1H3,(H,29,34). The Labute approximate surface area is 225 Å². The molecule has 0 unspecified atom stereocenters. The van der Waals surface area contributed by atoms with Gasteiger partial charge in [-0.15, -0.1) is 0 Å². The number of aromatic nitrogens is 4. The van der Waals surface area contributed by atoms with Gasteiger partial charge in [0.2, 0.25) is 24.4 Å². The highest BCUT2D eigenvalue weighted by Gasteiger charge is 2.23. The minimum atomic E-state index is -0.740. The zero-order valence-electron chi connectivity index (χ0n) is 20.5. The average molecular weight is 546 g/mol. The Bertz CT molecular complexity index is 1860. The summed E-state index contributed by atoms with van der Waals surface area (Å²) in [5, 5.41) is 7.20. The van der Waals surface area contributed by atoms with E-state index in [2.05, 4.69) is 15.5 Å². The van der Waals surface area contributed by atoms with E-state index in [1.807, 2.05) is 37.3 Å². The Hall–Kier alpha value is -4.90. The second-order valence-corrected chi connectivity index (χ2v) is 9.30. The largest absolute Gasteiger partial charge is 0.454 e. The maximum atomic E-state index is 13.6. The topological polar surface area (TPSA) is 130 Å². The first kappa shape index (κ1) is 24.4. The fraction of sp³-hybridized carbons (Fsp3) is 0.148. The second-order valence-electron chi connectivity index (χ2n) is 8.89. The molecule has 1 aliphatic rings. The van der Waals surface area contributed by atoms with Crippen LogP contribution in [0.5, 0.6) is 11.5 Å². The molecule has 0 bridgehead atoms. The molecule has 196 valence electrons. The van der Waals surface area contributed by atoms with Gasteiger partial charge < -0.3 is 19.3 Å². The summed E-state index contributed by atoms with van der Waals surface area (Å²) in [5.41, 5.74) is 0.915. The van der Waals surface area contributed by atoms with Gasteiger partial charge in [-0.1, -0.05) is 53.2 Å². The third-order valence-electron chi connectivity index (χ3n) is 6.21.